The molecule has 1 fully saturated rings. The first-order valence-electron chi connectivity index (χ1n) is 14.2. The highest BCUT2D eigenvalue weighted by Crippen LogP contribution is 2.48. The molecule has 15 heteroatoms. The van der Waals surface area contributed by atoms with Crippen LogP contribution in [0.2, 0.25) is 0 Å². The number of carbonyl (C=O) groups excluding carboxylic acids is 2. The van der Waals surface area contributed by atoms with Crippen LogP contribution in [0, 0.1) is 11.6 Å². The number of alkyl halides is 3. The van der Waals surface area contributed by atoms with Crippen LogP contribution in [0.3, 0.4) is 0 Å². The molecular weight excluding hydrogens is 617 g/mol. The number of aromatic nitrogens is 3. The van der Waals surface area contributed by atoms with Gasteiger partial charge in [0.15, 0.2) is 0 Å². The Bertz CT molecular complexity index is 1870. The summed E-state index contributed by atoms with van der Waals surface area (Å²) in [6.45, 7) is -0.0596. The van der Waals surface area contributed by atoms with Gasteiger partial charge in [0.2, 0.25) is 5.91 Å². The van der Waals surface area contributed by atoms with Crippen molar-refractivity contribution >= 4 is 22.7 Å². The van der Waals surface area contributed by atoms with Gasteiger partial charge in [0.05, 0.1) is 31.5 Å². The summed E-state index contributed by atoms with van der Waals surface area (Å²) in [5, 5.41) is 7.37. The summed E-state index contributed by atoms with van der Waals surface area (Å²) in [6, 6.07) is 5.76. The molecule has 242 valence electrons. The number of hydrogen-bond acceptors (Lipinski definition) is 7. The second-order valence-electron chi connectivity index (χ2n) is 11.5. The van der Waals surface area contributed by atoms with E-state index >= 15 is 8.78 Å². The van der Waals surface area contributed by atoms with Crippen LogP contribution in [0.1, 0.15) is 53.3 Å². The molecule has 2 amide bonds. The van der Waals surface area contributed by atoms with Crippen molar-refractivity contribution in [1.29, 1.82) is 0 Å². The first kappa shape index (κ1) is 31.0. The van der Waals surface area contributed by atoms with Gasteiger partial charge in [-0.1, -0.05) is 0 Å². The van der Waals surface area contributed by atoms with E-state index in [1.54, 1.807) is 10.9 Å². The average Bonchev–Trinajstić information content (AvgIpc) is 3.67. The monoisotopic (exact) mass is 645 g/mol. The van der Waals surface area contributed by atoms with Gasteiger partial charge in [0, 0.05) is 41.4 Å². The Morgan fingerprint density at radius 3 is 2.41 bits per heavy atom. The number of halogens is 5. The Labute approximate surface area is 258 Å². The van der Waals surface area contributed by atoms with E-state index in [9.17, 15) is 22.8 Å². The number of hydrogen-bond donors (Lipinski definition) is 2. The van der Waals surface area contributed by atoms with Crippen LogP contribution in [0.5, 0.6) is 17.2 Å². The topological polar surface area (TPSA) is 131 Å². The predicted octanol–water partition coefficient (Wildman–Crippen LogP) is 4.94. The third-order valence-electron chi connectivity index (χ3n) is 8.34. The number of nitrogens with one attached hydrogen (secondary N) is 1. The summed E-state index contributed by atoms with van der Waals surface area (Å²) in [7, 11) is 2.57. The van der Waals surface area contributed by atoms with Crippen LogP contribution in [-0.4, -0.2) is 60.1 Å². The Hall–Kier alpha value is -4.95. The van der Waals surface area contributed by atoms with E-state index in [1.165, 1.54) is 33.3 Å². The molecule has 0 bridgehead atoms. The number of methoxy groups -OCH3 is 2. The molecule has 1 aliphatic heterocycles. The highest BCUT2D eigenvalue weighted by molar-refractivity contribution is 6.00. The number of primary amides is 1. The zero-order valence-corrected chi connectivity index (χ0v) is 24.8. The van der Waals surface area contributed by atoms with E-state index in [2.05, 4.69) is 15.4 Å². The average molecular weight is 646 g/mol. The molecule has 2 atom stereocenters. The van der Waals surface area contributed by atoms with E-state index < -0.39 is 71.1 Å². The van der Waals surface area contributed by atoms with Gasteiger partial charge in [-0.15, -0.1) is 0 Å². The summed E-state index contributed by atoms with van der Waals surface area (Å²) in [5.74, 6) is -6.81. The molecule has 2 aromatic carbocycles. The summed E-state index contributed by atoms with van der Waals surface area (Å²) in [5.41, 5.74) is 2.26. The number of amides is 2. The molecule has 0 spiro atoms. The van der Waals surface area contributed by atoms with E-state index in [0.717, 1.165) is 31.0 Å². The van der Waals surface area contributed by atoms with Gasteiger partial charge < -0.3 is 25.3 Å². The van der Waals surface area contributed by atoms with Crippen LogP contribution in [0.25, 0.3) is 22.2 Å². The molecule has 2 aliphatic rings. The number of rotatable bonds is 9. The van der Waals surface area contributed by atoms with Gasteiger partial charge in [-0.2, -0.15) is 18.3 Å². The Kier molecular flexibility index (Phi) is 7.52. The number of pyridine rings is 1. The first-order chi connectivity index (χ1) is 21.7. The van der Waals surface area contributed by atoms with E-state index in [-0.39, 0.29) is 34.4 Å². The summed E-state index contributed by atoms with van der Waals surface area (Å²) < 4.78 is 92.0. The minimum atomic E-state index is -5.00. The minimum Gasteiger partial charge on any atom is -0.497 e. The van der Waals surface area contributed by atoms with Crippen molar-refractivity contribution in [3.63, 3.8) is 0 Å². The number of nitrogens with two attached hydrogens (primary N) is 1. The van der Waals surface area contributed by atoms with E-state index in [4.69, 9.17) is 19.9 Å². The zero-order valence-electron chi connectivity index (χ0n) is 24.8. The largest absolute Gasteiger partial charge is 0.497 e. The third-order valence-corrected chi connectivity index (χ3v) is 8.34. The fourth-order valence-corrected chi connectivity index (χ4v) is 5.47. The quantitative estimate of drug-likeness (QED) is 0.247. The SMILES string of the molecule is COc1cc(F)c(-c2nc([C@@H](CNC(=O)c3cc(OC)c4nn(C5CC5)cc4c3)C(F)(F)F)cc3c2OC[C@]3(C)C(N)=O)c(F)c1. The minimum absolute atomic E-state index is 0.0281. The summed E-state index contributed by atoms with van der Waals surface area (Å²) in [6.07, 6.45) is -1.33. The number of carbonyl (C=O) groups is 2. The normalized spacial score (nSPS) is 18.2. The number of ether oxygens (including phenoxy) is 3. The van der Waals surface area contributed by atoms with Crippen LogP contribution in [0.4, 0.5) is 22.0 Å². The zero-order chi connectivity index (χ0) is 33.1. The Morgan fingerprint density at radius 1 is 1.13 bits per heavy atom. The second kappa shape index (κ2) is 11.1. The standard InChI is InChI=1S/C31H28F5N5O5/c1-30(29(37)43)13-46-27-18(30)10-22(39-26(27)24-20(32)8-17(44-2)9-21(24)33)19(31(34,35)36)11-38-28(42)14-6-15-12-41(16-4-5-16)40-25(15)23(7-14)45-3/h6-10,12,16,19H,4-5,11,13H2,1-3H3,(H2,37,43)(H,38,42)/t19-,30+/m1/s1. The van der Waals surface area contributed by atoms with Crippen LogP contribution in [0.15, 0.2) is 36.5 Å². The molecule has 0 radical (unpaired) electrons. The molecule has 1 saturated carbocycles. The van der Waals surface area contributed by atoms with Crippen molar-refractivity contribution in [2.45, 2.75) is 43.3 Å². The Morgan fingerprint density at radius 2 is 1.83 bits per heavy atom. The lowest BCUT2D eigenvalue weighted by Crippen LogP contribution is -2.40. The fraction of sp³-hybridized carbons (Fsp3) is 0.355. The van der Waals surface area contributed by atoms with Crippen LogP contribution >= 0.6 is 0 Å². The first-order valence-corrected chi connectivity index (χ1v) is 14.2. The fourth-order valence-electron chi connectivity index (χ4n) is 5.47. The van der Waals surface area contributed by atoms with Crippen LogP contribution in [-0.2, 0) is 10.2 Å². The lowest BCUT2D eigenvalue weighted by Gasteiger charge is -2.24. The lowest BCUT2D eigenvalue weighted by molar-refractivity contribution is -0.149. The molecule has 1 aliphatic carbocycles. The predicted molar refractivity (Wildman–Crippen MR) is 154 cm³/mol. The molecule has 0 saturated heterocycles. The third kappa shape index (κ3) is 5.32. The molecule has 6 rings (SSSR count). The van der Waals surface area contributed by atoms with Gasteiger partial charge in [0.1, 0.15) is 58.0 Å². The van der Waals surface area contributed by atoms with Crippen LogP contribution < -0.4 is 25.3 Å². The van der Waals surface area contributed by atoms with Crippen molar-refractivity contribution in [3.05, 3.63) is 65.0 Å². The van der Waals surface area contributed by atoms with E-state index in [0.29, 0.717) is 10.9 Å². The van der Waals surface area contributed by atoms with Gasteiger partial charge in [-0.05, 0) is 38.0 Å². The molecule has 2 aromatic heterocycles. The molecule has 10 nitrogen and oxygen atoms in total. The van der Waals surface area contributed by atoms with Crippen molar-refractivity contribution in [1.82, 2.24) is 20.1 Å². The van der Waals surface area contributed by atoms with Crippen molar-refractivity contribution in [2.75, 3.05) is 27.4 Å². The van der Waals surface area contributed by atoms with Gasteiger partial charge in [-0.25, -0.2) is 13.8 Å². The number of benzene rings is 2. The smallest absolute Gasteiger partial charge is 0.398 e. The highest BCUT2D eigenvalue weighted by atomic mass is 19.4. The van der Waals surface area contributed by atoms with Gasteiger partial charge in [-0.3, -0.25) is 14.3 Å². The molecule has 3 N–H and O–H groups in total. The van der Waals surface area contributed by atoms with Gasteiger partial charge in [0.25, 0.3) is 5.91 Å². The maximum atomic E-state index is 15.2. The second-order valence-corrected chi connectivity index (χ2v) is 11.5. The molecule has 46 heavy (non-hydrogen) atoms. The number of nitrogens with zero attached hydrogens (tertiary/aromatic N) is 3. The maximum absolute atomic E-state index is 15.2. The number of fused-ring (bicyclic) bond motifs is 2. The molecule has 0 unspecified atom stereocenters. The Balaban J connectivity index is 1.40. The summed E-state index contributed by atoms with van der Waals surface area (Å²) >= 11 is 0. The van der Waals surface area contributed by atoms with Crippen molar-refractivity contribution in [2.24, 2.45) is 5.73 Å². The van der Waals surface area contributed by atoms with Crippen molar-refractivity contribution < 1.29 is 45.8 Å². The van der Waals surface area contributed by atoms with E-state index in [1.807, 2.05) is 0 Å². The molecule has 3 heterocycles. The maximum Gasteiger partial charge on any atom is 0.398 e. The molecule has 4 aromatic rings. The lowest BCUT2D eigenvalue weighted by atomic mass is 9.82. The summed E-state index contributed by atoms with van der Waals surface area (Å²) in [4.78, 5) is 29.7. The highest BCUT2D eigenvalue weighted by Gasteiger charge is 2.48. The van der Waals surface area contributed by atoms with Crippen molar-refractivity contribution in [3.8, 4) is 28.5 Å². The molecular formula is C31H28F5N5O5. The van der Waals surface area contributed by atoms with Gasteiger partial charge >= 0.3 is 6.18 Å².